The summed E-state index contributed by atoms with van der Waals surface area (Å²) >= 11 is 7.61. The van der Waals surface area contributed by atoms with Crippen LogP contribution >= 0.6 is 22.9 Å². The van der Waals surface area contributed by atoms with Crippen molar-refractivity contribution in [3.63, 3.8) is 0 Å². The van der Waals surface area contributed by atoms with E-state index in [0.717, 1.165) is 16.0 Å². The van der Waals surface area contributed by atoms with Gasteiger partial charge >= 0.3 is 0 Å². The van der Waals surface area contributed by atoms with Crippen molar-refractivity contribution < 1.29 is 4.42 Å². The second-order valence-corrected chi connectivity index (χ2v) is 5.00. The lowest BCUT2D eigenvalue weighted by molar-refractivity contribution is 0.585. The van der Waals surface area contributed by atoms with Crippen molar-refractivity contribution in [2.75, 3.05) is 0 Å². The quantitative estimate of drug-likeness (QED) is 0.714. The SMILES string of the molecule is Cc1cccc(Cl)c1-c1nnc(-c2cncs2)o1. The maximum absolute atomic E-state index is 6.16. The first kappa shape index (κ1) is 11.4. The molecule has 0 fully saturated rings. The Morgan fingerprint density at radius 2 is 2.06 bits per heavy atom. The second kappa shape index (κ2) is 4.51. The van der Waals surface area contributed by atoms with Crippen LogP contribution in [-0.4, -0.2) is 15.2 Å². The highest BCUT2D eigenvalue weighted by Gasteiger charge is 2.15. The summed E-state index contributed by atoms with van der Waals surface area (Å²) in [6, 6.07) is 5.65. The molecule has 2 heterocycles. The molecule has 0 bridgehead atoms. The maximum Gasteiger partial charge on any atom is 0.259 e. The van der Waals surface area contributed by atoms with Gasteiger partial charge in [-0.25, -0.2) is 0 Å². The van der Waals surface area contributed by atoms with E-state index in [0.29, 0.717) is 16.8 Å². The van der Waals surface area contributed by atoms with E-state index in [1.165, 1.54) is 11.3 Å². The van der Waals surface area contributed by atoms with Gasteiger partial charge in [-0.2, -0.15) is 0 Å². The van der Waals surface area contributed by atoms with Crippen LogP contribution in [0.15, 0.2) is 34.3 Å². The first-order valence-corrected chi connectivity index (χ1v) is 6.49. The number of hydrogen-bond donors (Lipinski definition) is 0. The molecule has 0 saturated heterocycles. The van der Waals surface area contributed by atoms with Crippen molar-refractivity contribution in [3.8, 4) is 22.2 Å². The minimum atomic E-state index is 0.432. The molecule has 0 N–H and O–H groups in total. The van der Waals surface area contributed by atoms with Crippen LogP contribution in [0.3, 0.4) is 0 Å². The van der Waals surface area contributed by atoms with Gasteiger partial charge in [0, 0.05) is 0 Å². The third-order valence-electron chi connectivity index (χ3n) is 2.50. The number of benzene rings is 1. The van der Waals surface area contributed by atoms with Gasteiger partial charge in [0.1, 0.15) is 4.88 Å². The Hall–Kier alpha value is -1.72. The monoisotopic (exact) mass is 277 g/mol. The molecule has 18 heavy (non-hydrogen) atoms. The van der Waals surface area contributed by atoms with Gasteiger partial charge in [-0.3, -0.25) is 4.98 Å². The van der Waals surface area contributed by atoms with Crippen LogP contribution in [0, 0.1) is 6.92 Å². The molecule has 0 atom stereocenters. The fourth-order valence-corrected chi connectivity index (χ4v) is 2.49. The topological polar surface area (TPSA) is 51.8 Å². The third kappa shape index (κ3) is 1.91. The van der Waals surface area contributed by atoms with Gasteiger partial charge in [-0.05, 0) is 18.6 Å². The van der Waals surface area contributed by atoms with Crippen LogP contribution in [0.1, 0.15) is 5.56 Å². The predicted octanol–water partition coefficient (Wildman–Crippen LogP) is 3.82. The Morgan fingerprint density at radius 1 is 1.22 bits per heavy atom. The molecule has 0 unspecified atom stereocenters. The molecular weight excluding hydrogens is 270 g/mol. The van der Waals surface area contributed by atoms with Gasteiger partial charge in [-0.15, -0.1) is 21.5 Å². The number of rotatable bonds is 2. The molecule has 0 aliphatic carbocycles. The van der Waals surface area contributed by atoms with E-state index in [1.54, 1.807) is 17.8 Å². The van der Waals surface area contributed by atoms with E-state index >= 15 is 0 Å². The third-order valence-corrected chi connectivity index (χ3v) is 3.58. The lowest BCUT2D eigenvalue weighted by Crippen LogP contribution is -1.84. The van der Waals surface area contributed by atoms with Gasteiger partial charge in [0.15, 0.2) is 0 Å². The van der Waals surface area contributed by atoms with E-state index in [1.807, 2.05) is 19.1 Å². The van der Waals surface area contributed by atoms with Crippen LogP contribution in [0.25, 0.3) is 22.2 Å². The summed E-state index contributed by atoms with van der Waals surface area (Å²) < 4.78 is 5.64. The van der Waals surface area contributed by atoms with Crippen LogP contribution in [0.5, 0.6) is 0 Å². The zero-order chi connectivity index (χ0) is 12.5. The average Bonchev–Trinajstić information content (AvgIpc) is 2.99. The fraction of sp³-hybridized carbons (Fsp3) is 0.0833. The summed E-state index contributed by atoms with van der Waals surface area (Å²) in [4.78, 5) is 4.83. The number of hydrogen-bond acceptors (Lipinski definition) is 5. The molecule has 2 aromatic heterocycles. The lowest BCUT2D eigenvalue weighted by Gasteiger charge is -2.02. The molecule has 0 spiro atoms. The molecule has 0 amide bonds. The largest absolute Gasteiger partial charge is 0.415 e. The molecule has 0 aliphatic rings. The van der Waals surface area contributed by atoms with Gasteiger partial charge in [0.05, 0.1) is 22.3 Å². The minimum absolute atomic E-state index is 0.432. The molecule has 4 nitrogen and oxygen atoms in total. The molecule has 0 saturated carbocycles. The zero-order valence-electron chi connectivity index (χ0n) is 9.42. The van der Waals surface area contributed by atoms with Crippen LogP contribution in [0.2, 0.25) is 5.02 Å². The molecule has 1 aromatic carbocycles. The fourth-order valence-electron chi connectivity index (χ4n) is 1.65. The van der Waals surface area contributed by atoms with Crippen molar-refractivity contribution in [2.45, 2.75) is 6.92 Å². The van der Waals surface area contributed by atoms with Crippen LogP contribution < -0.4 is 0 Å². The minimum Gasteiger partial charge on any atom is -0.415 e. The van der Waals surface area contributed by atoms with Crippen molar-refractivity contribution in [1.29, 1.82) is 0 Å². The maximum atomic E-state index is 6.16. The zero-order valence-corrected chi connectivity index (χ0v) is 11.0. The van der Waals surface area contributed by atoms with E-state index in [4.69, 9.17) is 16.0 Å². The number of thiazole rings is 1. The van der Waals surface area contributed by atoms with Crippen molar-refractivity contribution in [1.82, 2.24) is 15.2 Å². The normalized spacial score (nSPS) is 10.8. The van der Waals surface area contributed by atoms with Gasteiger partial charge in [0.25, 0.3) is 5.89 Å². The highest BCUT2D eigenvalue weighted by molar-refractivity contribution is 7.13. The first-order chi connectivity index (χ1) is 8.75. The summed E-state index contributed by atoms with van der Waals surface area (Å²) in [6.45, 7) is 1.96. The highest BCUT2D eigenvalue weighted by atomic mass is 35.5. The second-order valence-electron chi connectivity index (χ2n) is 3.71. The molecule has 3 aromatic rings. The standard InChI is InChI=1S/C12H8ClN3OS/c1-7-3-2-4-8(13)10(7)12-16-15-11(17-12)9-5-14-6-18-9/h2-6H,1H3. The van der Waals surface area contributed by atoms with E-state index < -0.39 is 0 Å². The molecular formula is C12H8ClN3OS. The van der Waals surface area contributed by atoms with E-state index in [-0.39, 0.29) is 0 Å². The molecule has 0 aliphatic heterocycles. The summed E-state index contributed by atoms with van der Waals surface area (Å²) in [5.41, 5.74) is 3.50. The van der Waals surface area contributed by atoms with Crippen molar-refractivity contribution in [3.05, 3.63) is 40.5 Å². The Bertz CT molecular complexity index is 658. The highest BCUT2D eigenvalue weighted by Crippen LogP contribution is 2.32. The van der Waals surface area contributed by atoms with Crippen LogP contribution in [-0.2, 0) is 0 Å². The first-order valence-electron chi connectivity index (χ1n) is 5.23. The molecule has 90 valence electrons. The lowest BCUT2D eigenvalue weighted by atomic mass is 10.1. The number of nitrogens with zero attached hydrogens (tertiary/aromatic N) is 3. The predicted molar refractivity (Wildman–Crippen MR) is 70.6 cm³/mol. The van der Waals surface area contributed by atoms with Crippen LogP contribution in [0.4, 0.5) is 0 Å². The Morgan fingerprint density at radius 3 is 2.78 bits per heavy atom. The Kier molecular flexibility index (Phi) is 2.85. The Labute approximate surface area is 112 Å². The summed E-state index contributed by atoms with van der Waals surface area (Å²) in [7, 11) is 0. The van der Waals surface area contributed by atoms with E-state index in [2.05, 4.69) is 15.2 Å². The van der Waals surface area contributed by atoms with Crippen molar-refractivity contribution >= 4 is 22.9 Å². The van der Waals surface area contributed by atoms with Crippen molar-refractivity contribution in [2.24, 2.45) is 0 Å². The van der Waals surface area contributed by atoms with Gasteiger partial charge < -0.3 is 4.42 Å². The van der Waals surface area contributed by atoms with Gasteiger partial charge in [-0.1, -0.05) is 23.7 Å². The number of aryl methyl sites for hydroxylation is 1. The van der Waals surface area contributed by atoms with Gasteiger partial charge in [0.2, 0.25) is 5.89 Å². The summed E-state index contributed by atoms with van der Waals surface area (Å²) in [5, 5.41) is 8.66. The Balaban J connectivity index is 2.09. The smallest absolute Gasteiger partial charge is 0.259 e. The summed E-state index contributed by atoms with van der Waals surface area (Å²) in [6.07, 6.45) is 1.70. The number of halogens is 1. The molecule has 3 rings (SSSR count). The molecule has 6 heteroatoms. The molecule has 0 radical (unpaired) electrons. The van der Waals surface area contributed by atoms with E-state index in [9.17, 15) is 0 Å². The number of aromatic nitrogens is 3. The average molecular weight is 278 g/mol. The summed E-state index contributed by atoms with van der Waals surface area (Å²) in [5.74, 6) is 0.897.